The topological polar surface area (TPSA) is 65.8 Å². The molecule has 26 heavy (non-hydrogen) atoms. The quantitative estimate of drug-likeness (QED) is 0.876. The smallest absolute Gasteiger partial charge is 0.290 e. The summed E-state index contributed by atoms with van der Waals surface area (Å²) in [5.74, 6) is 1.17. The van der Waals surface area contributed by atoms with Crippen LogP contribution in [0.15, 0.2) is 22.8 Å². The number of carbonyl (C=O) groups is 2. The molecule has 1 aliphatic carbocycles. The van der Waals surface area contributed by atoms with E-state index in [1.807, 2.05) is 4.90 Å². The Labute approximate surface area is 154 Å². The normalized spacial score (nSPS) is 24.7. The Kier molecular flexibility index (Phi) is 5.29. The summed E-state index contributed by atoms with van der Waals surface area (Å²) in [6, 6.07) is 3.59. The Morgan fingerprint density at radius 2 is 1.88 bits per heavy atom. The van der Waals surface area contributed by atoms with E-state index in [9.17, 15) is 9.59 Å². The third kappa shape index (κ3) is 3.95. The Bertz CT molecular complexity index is 618. The van der Waals surface area contributed by atoms with Crippen LogP contribution < -0.4 is 5.32 Å². The highest BCUT2D eigenvalue weighted by atomic mass is 16.3. The molecule has 4 rings (SSSR count). The monoisotopic (exact) mass is 359 g/mol. The van der Waals surface area contributed by atoms with Gasteiger partial charge in [0.25, 0.3) is 5.91 Å². The van der Waals surface area contributed by atoms with Crippen molar-refractivity contribution in [2.24, 2.45) is 5.92 Å². The zero-order valence-electron chi connectivity index (χ0n) is 15.4. The maximum atomic E-state index is 13.1. The largest absolute Gasteiger partial charge is 0.459 e. The van der Waals surface area contributed by atoms with Gasteiger partial charge in [0.1, 0.15) is 6.04 Å². The van der Waals surface area contributed by atoms with Crippen LogP contribution in [0.1, 0.15) is 55.5 Å². The minimum absolute atomic E-state index is 0.116. The van der Waals surface area contributed by atoms with Crippen LogP contribution in [0.25, 0.3) is 0 Å². The summed E-state index contributed by atoms with van der Waals surface area (Å²) in [7, 11) is 0. The summed E-state index contributed by atoms with van der Waals surface area (Å²) in [6.07, 6.45) is 8.96. The molecule has 142 valence electrons. The van der Waals surface area contributed by atoms with Crippen molar-refractivity contribution in [1.29, 1.82) is 0 Å². The lowest BCUT2D eigenvalue weighted by molar-refractivity contribution is -0.138. The summed E-state index contributed by atoms with van der Waals surface area (Å²) >= 11 is 0. The minimum atomic E-state index is -0.336. The lowest BCUT2D eigenvalue weighted by Gasteiger charge is -2.39. The van der Waals surface area contributed by atoms with Gasteiger partial charge in [-0.1, -0.05) is 0 Å². The van der Waals surface area contributed by atoms with Gasteiger partial charge in [-0.05, 0) is 69.5 Å². The molecule has 3 fully saturated rings. The van der Waals surface area contributed by atoms with Crippen molar-refractivity contribution in [3.63, 3.8) is 0 Å². The Morgan fingerprint density at radius 3 is 2.58 bits per heavy atom. The van der Waals surface area contributed by atoms with Gasteiger partial charge in [-0.15, -0.1) is 0 Å². The second-order valence-electron chi connectivity index (χ2n) is 7.94. The SMILES string of the molecule is O=C(C1CCCCN1C(=O)c1ccco1)N1CCC(NCC2CC2)CC1. The van der Waals surface area contributed by atoms with Crippen LogP contribution in [0.3, 0.4) is 0 Å². The van der Waals surface area contributed by atoms with E-state index in [0.717, 1.165) is 57.7 Å². The summed E-state index contributed by atoms with van der Waals surface area (Å²) in [5.41, 5.74) is 0. The van der Waals surface area contributed by atoms with Crippen molar-refractivity contribution in [1.82, 2.24) is 15.1 Å². The van der Waals surface area contributed by atoms with E-state index < -0.39 is 0 Å². The highest BCUT2D eigenvalue weighted by molar-refractivity contribution is 5.95. The van der Waals surface area contributed by atoms with E-state index in [4.69, 9.17) is 4.42 Å². The molecular formula is C20H29N3O3. The van der Waals surface area contributed by atoms with Crippen LogP contribution in [-0.4, -0.2) is 59.9 Å². The van der Waals surface area contributed by atoms with E-state index >= 15 is 0 Å². The molecule has 0 aromatic carbocycles. The highest BCUT2D eigenvalue weighted by Crippen LogP contribution is 2.28. The van der Waals surface area contributed by atoms with Crippen LogP contribution in [0.4, 0.5) is 0 Å². The molecule has 6 nitrogen and oxygen atoms in total. The fourth-order valence-electron chi connectivity index (χ4n) is 4.14. The van der Waals surface area contributed by atoms with Gasteiger partial charge in [0.15, 0.2) is 5.76 Å². The van der Waals surface area contributed by atoms with Gasteiger partial charge < -0.3 is 19.5 Å². The maximum Gasteiger partial charge on any atom is 0.290 e. The molecule has 1 saturated carbocycles. The molecule has 0 radical (unpaired) electrons. The van der Waals surface area contributed by atoms with Gasteiger partial charge in [0, 0.05) is 25.7 Å². The molecule has 1 atom stereocenters. The average molecular weight is 359 g/mol. The zero-order valence-corrected chi connectivity index (χ0v) is 15.4. The van der Waals surface area contributed by atoms with Crippen molar-refractivity contribution in [2.75, 3.05) is 26.2 Å². The van der Waals surface area contributed by atoms with Gasteiger partial charge in [-0.2, -0.15) is 0 Å². The third-order valence-electron chi connectivity index (χ3n) is 5.98. The molecule has 1 aromatic heterocycles. The highest BCUT2D eigenvalue weighted by Gasteiger charge is 2.37. The van der Waals surface area contributed by atoms with E-state index in [-0.39, 0.29) is 17.9 Å². The summed E-state index contributed by atoms with van der Waals surface area (Å²) in [4.78, 5) is 29.5. The molecule has 6 heteroatoms. The van der Waals surface area contributed by atoms with Gasteiger partial charge in [-0.3, -0.25) is 9.59 Å². The zero-order chi connectivity index (χ0) is 17.9. The standard InChI is InChI=1S/C20H29N3O3/c24-19(22-11-8-16(9-12-22)21-14-15-6-7-15)17-4-1-2-10-23(17)20(25)18-5-3-13-26-18/h3,5,13,15-17,21H,1-2,4,6-12,14H2. The van der Waals surface area contributed by atoms with Gasteiger partial charge >= 0.3 is 0 Å². The minimum Gasteiger partial charge on any atom is -0.459 e. The maximum absolute atomic E-state index is 13.1. The number of amides is 2. The number of hydrogen-bond donors (Lipinski definition) is 1. The number of carbonyl (C=O) groups excluding carboxylic acids is 2. The lowest BCUT2D eigenvalue weighted by Crippen LogP contribution is -2.55. The average Bonchev–Trinajstić information content (AvgIpc) is 3.36. The van der Waals surface area contributed by atoms with Crippen LogP contribution in [-0.2, 0) is 4.79 Å². The molecule has 2 amide bonds. The van der Waals surface area contributed by atoms with Crippen molar-refractivity contribution in [3.05, 3.63) is 24.2 Å². The molecule has 0 bridgehead atoms. The number of piperidine rings is 2. The van der Waals surface area contributed by atoms with Crippen molar-refractivity contribution >= 4 is 11.8 Å². The fourth-order valence-corrected chi connectivity index (χ4v) is 4.14. The van der Waals surface area contributed by atoms with E-state index in [0.29, 0.717) is 18.3 Å². The van der Waals surface area contributed by atoms with Crippen LogP contribution in [0.2, 0.25) is 0 Å². The third-order valence-corrected chi connectivity index (χ3v) is 5.98. The van der Waals surface area contributed by atoms with Gasteiger partial charge in [0.2, 0.25) is 5.91 Å². The van der Waals surface area contributed by atoms with Crippen LogP contribution in [0, 0.1) is 5.92 Å². The van der Waals surface area contributed by atoms with Crippen LogP contribution >= 0.6 is 0 Å². The predicted octanol–water partition coefficient (Wildman–Crippen LogP) is 2.26. The first kappa shape index (κ1) is 17.6. The molecule has 1 unspecified atom stereocenters. The predicted molar refractivity (Wildman–Crippen MR) is 97.7 cm³/mol. The number of likely N-dealkylation sites (tertiary alicyclic amines) is 2. The lowest BCUT2D eigenvalue weighted by atomic mass is 9.98. The Morgan fingerprint density at radius 1 is 1.08 bits per heavy atom. The van der Waals surface area contributed by atoms with E-state index in [1.54, 1.807) is 17.0 Å². The van der Waals surface area contributed by atoms with Crippen molar-refractivity contribution in [2.45, 2.75) is 57.0 Å². The first-order valence-electron chi connectivity index (χ1n) is 10.1. The molecule has 1 N–H and O–H groups in total. The van der Waals surface area contributed by atoms with Crippen molar-refractivity contribution in [3.8, 4) is 0 Å². The molecule has 1 aromatic rings. The molecule has 3 aliphatic rings. The first-order chi connectivity index (χ1) is 12.7. The van der Waals surface area contributed by atoms with Gasteiger partial charge in [-0.25, -0.2) is 0 Å². The number of nitrogens with one attached hydrogen (secondary N) is 1. The van der Waals surface area contributed by atoms with Crippen molar-refractivity contribution < 1.29 is 14.0 Å². The first-order valence-corrected chi connectivity index (χ1v) is 10.1. The second-order valence-corrected chi connectivity index (χ2v) is 7.94. The molecule has 3 heterocycles. The summed E-state index contributed by atoms with van der Waals surface area (Å²) in [6.45, 7) is 3.35. The molecular weight excluding hydrogens is 330 g/mol. The number of hydrogen-bond acceptors (Lipinski definition) is 4. The summed E-state index contributed by atoms with van der Waals surface area (Å²) in [5, 5.41) is 3.65. The van der Waals surface area contributed by atoms with Crippen LogP contribution in [0.5, 0.6) is 0 Å². The van der Waals surface area contributed by atoms with E-state index in [1.165, 1.54) is 19.1 Å². The number of furan rings is 1. The summed E-state index contributed by atoms with van der Waals surface area (Å²) < 4.78 is 5.26. The fraction of sp³-hybridized carbons (Fsp3) is 0.700. The second kappa shape index (κ2) is 7.82. The Hall–Kier alpha value is -1.82. The number of nitrogens with zero attached hydrogens (tertiary/aromatic N) is 2. The molecule has 0 spiro atoms. The molecule has 2 saturated heterocycles. The number of rotatable bonds is 5. The van der Waals surface area contributed by atoms with Gasteiger partial charge in [0.05, 0.1) is 6.26 Å². The van der Waals surface area contributed by atoms with E-state index in [2.05, 4.69) is 5.32 Å². The Balaban J connectivity index is 1.34. The molecule has 2 aliphatic heterocycles.